The van der Waals surface area contributed by atoms with Crippen LogP contribution in [-0.4, -0.2) is 0 Å². The van der Waals surface area contributed by atoms with Gasteiger partial charge in [-0.15, -0.1) is 0 Å². The van der Waals surface area contributed by atoms with Gasteiger partial charge in [-0.25, -0.2) is 0 Å². The van der Waals surface area contributed by atoms with Gasteiger partial charge in [-0.05, 0) is 148 Å². The van der Waals surface area contributed by atoms with Gasteiger partial charge in [0.2, 0.25) is 0 Å². The van der Waals surface area contributed by atoms with Crippen LogP contribution in [0.1, 0.15) is 78.8 Å². The third-order valence-corrected chi connectivity index (χ3v) is 14.9. The fraction of sp³-hybridized carbons (Fsp3) is 0.152. The molecule has 0 heteroatoms. The van der Waals surface area contributed by atoms with E-state index in [4.69, 9.17) is 0 Å². The number of fused-ring (bicyclic) bond motifs is 7. The number of hydrogen-bond acceptors (Lipinski definition) is 0. The Morgan fingerprint density at radius 3 is 1.59 bits per heavy atom. The molecule has 0 amide bonds. The minimum atomic E-state index is -0.480. The van der Waals surface area contributed by atoms with Crippen molar-refractivity contribution in [2.45, 2.75) is 64.2 Å². The van der Waals surface area contributed by atoms with E-state index < -0.39 is 5.41 Å². The molecule has 0 nitrogen and oxygen atoms in total. The Bertz CT molecular complexity index is 3420. The van der Waals surface area contributed by atoms with E-state index >= 15 is 0 Å². The van der Waals surface area contributed by atoms with Gasteiger partial charge >= 0.3 is 0 Å². The monoisotopic (exact) mass is 846 g/mol. The first kappa shape index (κ1) is 40.2. The summed E-state index contributed by atoms with van der Waals surface area (Å²) in [6, 6.07) is 78.7. The molecule has 0 N–H and O–H groups in total. The smallest absolute Gasteiger partial charge is 0.0654 e. The van der Waals surface area contributed by atoms with Crippen molar-refractivity contribution in [1.29, 1.82) is 0 Å². The Kier molecular flexibility index (Phi) is 10.1. The van der Waals surface area contributed by atoms with Gasteiger partial charge in [-0.3, -0.25) is 0 Å². The summed E-state index contributed by atoms with van der Waals surface area (Å²) in [5, 5.41) is 5.18. The van der Waals surface area contributed by atoms with Crippen molar-refractivity contribution in [3.05, 3.63) is 240 Å². The molecule has 66 heavy (non-hydrogen) atoms. The van der Waals surface area contributed by atoms with Gasteiger partial charge in [-0.1, -0.05) is 239 Å². The summed E-state index contributed by atoms with van der Waals surface area (Å²) < 4.78 is 0. The Morgan fingerprint density at radius 1 is 0.364 bits per heavy atom. The van der Waals surface area contributed by atoms with Crippen LogP contribution in [0.2, 0.25) is 0 Å². The molecule has 0 saturated carbocycles. The molecule has 318 valence electrons. The van der Waals surface area contributed by atoms with Crippen molar-refractivity contribution >= 4 is 21.5 Å². The van der Waals surface area contributed by atoms with Gasteiger partial charge < -0.3 is 0 Å². The van der Waals surface area contributed by atoms with Gasteiger partial charge in [0.25, 0.3) is 0 Å². The highest BCUT2D eigenvalue weighted by atomic mass is 14.5. The topological polar surface area (TPSA) is 0 Å². The van der Waals surface area contributed by atoms with Crippen molar-refractivity contribution in [2.24, 2.45) is 0 Å². The molecule has 0 aliphatic heterocycles. The van der Waals surface area contributed by atoms with Crippen LogP contribution >= 0.6 is 0 Å². The van der Waals surface area contributed by atoms with Crippen molar-refractivity contribution in [3.63, 3.8) is 0 Å². The van der Waals surface area contributed by atoms with E-state index in [0.29, 0.717) is 0 Å². The fourth-order valence-electron chi connectivity index (χ4n) is 11.9. The van der Waals surface area contributed by atoms with Crippen LogP contribution < -0.4 is 0 Å². The quantitative estimate of drug-likeness (QED) is 0.107. The van der Waals surface area contributed by atoms with Crippen LogP contribution in [0.3, 0.4) is 0 Å². The molecule has 10 aromatic carbocycles. The molecule has 10 aromatic rings. The lowest BCUT2D eigenvalue weighted by Gasteiger charge is -2.34. The normalized spacial score (nSPS) is 14.4. The van der Waals surface area contributed by atoms with E-state index in [1.165, 1.54) is 160 Å². The largest absolute Gasteiger partial charge is 0.0713 e. The lowest BCUT2D eigenvalue weighted by atomic mass is 9.67. The van der Waals surface area contributed by atoms with Gasteiger partial charge in [0.15, 0.2) is 0 Å². The molecule has 12 rings (SSSR count). The number of unbranched alkanes of at least 4 members (excludes halogenated alkanes) is 5. The van der Waals surface area contributed by atoms with Crippen molar-refractivity contribution < 1.29 is 0 Å². The molecular formula is C66H54. The van der Waals surface area contributed by atoms with Crippen LogP contribution in [0, 0.1) is 6.92 Å². The Morgan fingerprint density at radius 2 is 0.909 bits per heavy atom. The van der Waals surface area contributed by atoms with E-state index in [1.807, 2.05) is 0 Å². The molecule has 0 saturated heterocycles. The second kappa shape index (κ2) is 16.6. The maximum absolute atomic E-state index is 2.53. The Labute approximate surface area is 390 Å². The van der Waals surface area contributed by atoms with Crippen LogP contribution in [-0.2, 0) is 11.8 Å². The molecular weight excluding hydrogens is 793 g/mol. The molecule has 0 bridgehead atoms. The number of rotatable bonds is 12. The third-order valence-electron chi connectivity index (χ3n) is 14.9. The Balaban J connectivity index is 1.08. The standard InChI is InChI=1S/C66H54/c1-3-4-5-6-7-10-19-45-32-38-52(39-33-45)66(51-36-30-44(2)31-37-51)59-29-16-15-26-53(59)54-40-34-50(43-60(54)66)49-35-41-55-58(42-49)63(48-22-13-9-14-23-48)65-57-28-18-25-46-24-17-27-56(61(46)57)64(65)62(55)47-20-11-8-12-21-47/h8-9,11-18,20-43H,3-7,10,19H2,1-2H3. The highest BCUT2D eigenvalue weighted by Gasteiger charge is 2.46. The van der Waals surface area contributed by atoms with Crippen LogP contribution in [0.25, 0.3) is 88.3 Å². The van der Waals surface area contributed by atoms with Gasteiger partial charge in [0, 0.05) is 0 Å². The highest BCUT2D eigenvalue weighted by Crippen LogP contribution is 2.59. The van der Waals surface area contributed by atoms with E-state index in [-0.39, 0.29) is 0 Å². The molecule has 0 heterocycles. The molecule has 2 aliphatic carbocycles. The van der Waals surface area contributed by atoms with Crippen molar-refractivity contribution in [2.75, 3.05) is 0 Å². The summed E-state index contributed by atoms with van der Waals surface area (Å²) in [5.41, 5.74) is 23.0. The average Bonchev–Trinajstić information content (AvgIpc) is 3.86. The average molecular weight is 847 g/mol. The van der Waals surface area contributed by atoms with Gasteiger partial charge in [0.05, 0.1) is 5.41 Å². The summed E-state index contributed by atoms with van der Waals surface area (Å²) in [5.74, 6) is 0. The summed E-state index contributed by atoms with van der Waals surface area (Å²) >= 11 is 0. The third kappa shape index (κ3) is 6.41. The predicted octanol–water partition coefficient (Wildman–Crippen LogP) is 18.2. The van der Waals surface area contributed by atoms with E-state index in [1.54, 1.807) is 0 Å². The summed E-state index contributed by atoms with van der Waals surface area (Å²) in [7, 11) is 0. The minimum absolute atomic E-state index is 0.480. The molecule has 1 unspecified atom stereocenters. The number of aryl methyl sites for hydroxylation is 2. The SMILES string of the molecule is CCCCCCCCc1ccc(C2(c3ccc(C)cc3)c3ccccc3-c3ccc(-c4ccc5c(-c6ccccc6)c6c(c(-c7ccccc7)c5c4)-c4cccc5cccc-6c45)cc32)cc1. The van der Waals surface area contributed by atoms with E-state index in [2.05, 4.69) is 220 Å². The zero-order valence-electron chi connectivity index (χ0n) is 38.1. The number of benzene rings is 10. The lowest BCUT2D eigenvalue weighted by molar-refractivity contribution is 0.607. The summed E-state index contributed by atoms with van der Waals surface area (Å²) in [6.07, 6.45) is 9.01. The molecule has 2 aliphatic rings. The lowest BCUT2D eigenvalue weighted by Crippen LogP contribution is -2.28. The van der Waals surface area contributed by atoms with Crippen molar-refractivity contribution in [3.8, 4) is 66.8 Å². The van der Waals surface area contributed by atoms with Gasteiger partial charge in [-0.2, -0.15) is 0 Å². The fourth-order valence-corrected chi connectivity index (χ4v) is 11.9. The molecule has 1 atom stereocenters. The van der Waals surface area contributed by atoms with Crippen LogP contribution in [0.15, 0.2) is 206 Å². The highest BCUT2D eigenvalue weighted by molar-refractivity contribution is 6.27. The van der Waals surface area contributed by atoms with Crippen LogP contribution in [0.5, 0.6) is 0 Å². The van der Waals surface area contributed by atoms with E-state index in [0.717, 1.165) is 6.42 Å². The zero-order chi connectivity index (χ0) is 44.2. The second-order valence-electron chi connectivity index (χ2n) is 18.8. The van der Waals surface area contributed by atoms with Crippen molar-refractivity contribution in [1.82, 2.24) is 0 Å². The van der Waals surface area contributed by atoms with Crippen LogP contribution in [0.4, 0.5) is 0 Å². The minimum Gasteiger partial charge on any atom is -0.0654 e. The molecule has 0 aromatic heterocycles. The first-order valence-corrected chi connectivity index (χ1v) is 24.3. The molecule has 0 radical (unpaired) electrons. The maximum Gasteiger partial charge on any atom is 0.0713 e. The van der Waals surface area contributed by atoms with E-state index in [9.17, 15) is 0 Å². The maximum atomic E-state index is 2.53. The predicted molar refractivity (Wildman–Crippen MR) is 281 cm³/mol. The molecule has 0 fully saturated rings. The Hall–Kier alpha value is -7.28. The summed E-state index contributed by atoms with van der Waals surface area (Å²) in [4.78, 5) is 0. The first-order chi connectivity index (χ1) is 32.6. The zero-order valence-corrected chi connectivity index (χ0v) is 38.1. The first-order valence-electron chi connectivity index (χ1n) is 24.3. The second-order valence-corrected chi connectivity index (χ2v) is 18.8. The summed E-state index contributed by atoms with van der Waals surface area (Å²) in [6.45, 7) is 4.49. The van der Waals surface area contributed by atoms with Gasteiger partial charge in [0.1, 0.15) is 0 Å². The molecule has 0 spiro atoms. The number of hydrogen-bond donors (Lipinski definition) is 0.